The summed E-state index contributed by atoms with van der Waals surface area (Å²) < 4.78 is 5.11. The van der Waals surface area contributed by atoms with Crippen LogP contribution in [0.1, 0.15) is 31.7 Å². The molecule has 1 atom stereocenters. The molecule has 0 N–H and O–H groups in total. The van der Waals surface area contributed by atoms with Gasteiger partial charge in [0.2, 0.25) is 0 Å². The number of rotatable bonds is 2. The average Bonchev–Trinajstić information content (AvgIpc) is 2.61. The van der Waals surface area contributed by atoms with Crippen LogP contribution in [-0.2, 0) is 10.2 Å². The molecular formula is C13H16O2. The number of methoxy groups -OCH3 is 1. The summed E-state index contributed by atoms with van der Waals surface area (Å²) in [5, 5.41) is 0. The Morgan fingerprint density at radius 3 is 2.40 bits per heavy atom. The molecule has 0 aliphatic heterocycles. The summed E-state index contributed by atoms with van der Waals surface area (Å²) >= 11 is 0. The van der Waals surface area contributed by atoms with Crippen LogP contribution in [0.15, 0.2) is 24.3 Å². The smallest absolute Gasteiger partial charge is 0.143 e. The van der Waals surface area contributed by atoms with Crippen LogP contribution in [-0.4, -0.2) is 12.9 Å². The molecule has 2 heteroatoms. The number of Topliss-reactive ketones (excluding diaryl/α,β-unsaturated/α-hetero) is 1. The van der Waals surface area contributed by atoms with Crippen molar-refractivity contribution < 1.29 is 9.53 Å². The highest BCUT2D eigenvalue weighted by atomic mass is 16.5. The van der Waals surface area contributed by atoms with Gasteiger partial charge in [0.25, 0.3) is 0 Å². The number of carbonyl (C=O) groups excluding carboxylic acids is 1. The number of ether oxygens (including phenoxy) is 1. The lowest BCUT2D eigenvalue weighted by Gasteiger charge is -2.22. The fraction of sp³-hybridized carbons (Fsp3) is 0.462. The molecule has 80 valence electrons. The van der Waals surface area contributed by atoms with E-state index in [0.29, 0.717) is 5.78 Å². The van der Waals surface area contributed by atoms with Crippen molar-refractivity contribution in [3.63, 3.8) is 0 Å². The molecule has 1 unspecified atom stereocenters. The molecule has 1 fully saturated rings. The SMILES string of the molecule is COc1ccc(C2(C)CCCC2=O)cc1. The fourth-order valence-electron chi connectivity index (χ4n) is 2.28. The zero-order valence-electron chi connectivity index (χ0n) is 9.25. The minimum absolute atomic E-state index is 0.258. The molecule has 0 bridgehead atoms. The standard InChI is InChI=1S/C13H16O2/c1-13(9-3-4-12(13)14)10-5-7-11(15-2)8-6-10/h5-8H,3-4,9H2,1-2H3. The van der Waals surface area contributed by atoms with Crippen LogP contribution in [0.2, 0.25) is 0 Å². The zero-order valence-corrected chi connectivity index (χ0v) is 9.25. The molecule has 0 heterocycles. The van der Waals surface area contributed by atoms with E-state index in [2.05, 4.69) is 0 Å². The lowest BCUT2D eigenvalue weighted by Crippen LogP contribution is -2.26. The second-order valence-electron chi connectivity index (χ2n) is 4.34. The number of carbonyl (C=O) groups is 1. The molecule has 1 saturated carbocycles. The Hall–Kier alpha value is -1.31. The van der Waals surface area contributed by atoms with Gasteiger partial charge in [-0.1, -0.05) is 12.1 Å². The summed E-state index contributed by atoms with van der Waals surface area (Å²) in [6.45, 7) is 2.05. The van der Waals surface area contributed by atoms with Gasteiger partial charge in [0.1, 0.15) is 11.5 Å². The van der Waals surface area contributed by atoms with Crippen molar-refractivity contribution in [2.24, 2.45) is 0 Å². The Labute approximate surface area is 90.3 Å². The third kappa shape index (κ3) is 1.65. The molecule has 2 nitrogen and oxygen atoms in total. The van der Waals surface area contributed by atoms with E-state index in [1.54, 1.807) is 7.11 Å². The van der Waals surface area contributed by atoms with E-state index in [4.69, 9.17) is 4.74 Å². The van der Waals surface area contributed by atoms with Crippen LogP contribution in [0.25, 0.3) is 0 Å². The van der Waals surface area contributed by atoms with Crippen molar-refractivity contribution in [2.45, 2.75) is 31.6 Å². The maximum atomic E-state index is 11.8. The minimum Gasteiger partial charge on any atom is -0.497 e. The highest BCUT2D eigenvalue weighted by molar-refractivity contribution is 5.91. The lowest BCUT2D eigenvalue weighted by atomic mass is 9.80. The van der Waals surface area contributed by atoms with Crippen molar-refractivity contribution >= 4 is 5.78 Å². The largest absolute Gasteiger partial charge is 0.497 e. The molecule has 1 aromatic carbocycles. The molecule has 15 heavy (non-hydrogen) atoms. The van der Waals surface area contributed by atoms with Crippen molar-refractivity contribution in [1.29, 1.82) is 0 Å². The topological polar surface area (TPSA) is 26.3 Å². The molecule has 1 aromatic rings. The maximum absolute atomic E-state index is 11.8. The van der Waals surface area contributed by atoms with Crippen molar-refractivity contribution in [2.75, 3.05) is 7.11 Å². The highest BCUT2D eigenvalue weighted by Gasteiger charge is 2.38. The lowest BCUT2D eigenvalue weighted by molar-refractivity contribution is -0.121. The highest BCUT2D eigenvalue weighted by Crippen LogP contribution is 2.38. The van der Waals surface area contributed by atoms with Gasteiger partial charge >= 0.3 is 0 Å². The van der Waals surface area contributed by atoms with Crippen LogP contribution >= 0.6 is 0 Å². The number of benzene rings is 1. The predicted octanol–water partition coefficient (Wildman–Crippen LogP) is 2.71. The van der Waals surface area contributed by atoms with Crippen molar-refractivity contribution in [1.82, 2.24) is 0 Å². The van der Waals surface area contributed by atoms with Crippen molar-refractivity contribution in [3.05, 3.63) is 29.8 Å². The van der Waals surface area contributed by atoms with Gasteiger partial charge in [0.15, 0.2) is 0 Å². The number of hydrogen-bond donors (Lipinski definition) is 0. The first-order chi connectivity index (χ1) is 7.16. The molecule has 1 aliphatic carbocycles. The Balaban J connectivity index is 2.32. The second-order valence-corrected chi connectivity index (χ2v) is 4.34. The van der Waals surface area contributed by atoms with E-state index in [0.717, 1.165) is 30.6 Å². The minimum atomic E-state index is -0.258. The molecule has 0 radical (unpaired) electrons. The van der Waals surface area contributed by atoms with E-state index in [1.807, 2.05) is 31.2 Å². The first-order valence-electron chi connectivity index (χ1n) is 5.34. The first-order valence-corrected chi connectivity index (χ1v) is 5.34. The van der Waals surface area contributed by atoms with Crippen LogP contribution in [0.4, 0.5) is 0 Å². The molecule has 2 rings (SSSR count). The molecule has 0 amide bonds. The Morgan fingerprint density at radius 2 is 1.93 bits per heavy atom. The van der Waals surface area contributed by atoms with Gasteiger partial charge in [-0.15, -0.1) is 0 Å². The summed E-state index contributed by atoms with van der Waals surface area (Å²) in [6.07, 6.45) is 2.71. The average molecular weight is 204 g/mol. The van der Waals surface area contributed by atoms with E-state index in [1.165, 1.54) is 0 Å². The Kier molecular flexibility index (Phi) is 2.51. The van der Waals surface area contributed by atoms with E-state index in [-0.39, 0.29) is 5.41 Å². The summed E-state index contributed by atoms with van der Waals surface area (Å²) in [5.74, 6) is 1.21. The van der Waals surface area contributed by atoms with E-state index >= 15 is 0 Å². The molecular weight excluding hydrogens is 188 g/mol. The summed E-state index contributed by atoms with van der Waals surface area (Å²) in [5.41, 5.74) is 0.859. The first kappa shape index (κ1) is 10.2. The maximum Gasteiger partial charge on any atom is 0.143 e. The van der Waals surface area contributed by atoms with Gasteiger partial charge in [0.05, 0.1) is 12.5 Å². The third-order valence-electron chi connectivity index (χ3n) is 3.42. The monoisotopic (exact) mass is 204 g/mol. The van der Waals surface area contributed by atoms with E-state index < -0.39 is 0 Å². The van der Waals surface area contributed by atoms with Crippen LogP contribution < -0.4 is 4.74 Å². The number of ketones is 1. The van der Waals surface area contributed by atoms with Gasteiger partial charge in [-0.2, -0.15) is 0 Å². The molecule has 0 spiro atoms. The second kappa shape index (κ2) is 3.69. The van der Waals surface area contributed by atoms with Crippen molar-refractivity contribution in [3.8, 4) is 5.75 Å². The van der Waals surface area contributed by atoms with Crippen LogP contribution in [0.5, 0.6) is 5.75 Å². The summed E-state index contributed by atoms with van der Waals surface area (Å²) in [6, 6.07) is 7.85. The molecule has 0 aromatic heterocycles. The Morgan fingerprint density at radius 1 is 1.27 bits per heavy atom. The van der Waals surface area contributed by atoms with Gasteiger partial charge in [-0.05, 0) is 37.5 Å². The normalized spacial score (nSPS) is 25.6. The van der Waals surface area contributed by atoms with Gasteiger partial charge in [0, 0.05) is 6.42 Å². The Bertz CT molecular complexity index is 367. The van der Waals surface area contributed by atoms with Gasteiger partial charge in [-0.25, -0.2) is 0 Å². The molecule has 0 saturated heterocycles. The van der Waals surface area contributed by atoms with Gasteiger partial charge in [-0.3, -0.25) is 4.79 Å². The van der Waals surface area contributed by atoms with E-state index in [9.17, 15) is 4.79 Å². The quantitative estimate of drug-likeness (QED) is 0.740. The van der Waals surface area contributed by atoms with Gasteiger partial charge < -0.3 is 4.74 Å². The zero-order chi connectivity index (χ0) is 10.9. The fourth-order valence-corrected chi connectivity index (χ4v) is 2.28. The third-order valence-corrected chi connectivity index (χ3v) is 3.42. The number of hydrogen-bond acceptors (Lipinski definition) is 2. The summed E-state index contributed by atoms with van der Waals surface area (Å²) in [4.78, 5) is 11.8. The summed E-state index contributed by atoms with van der Waals surface area (Å²) in [7, 11) is 1.65. The van der Waals surface area contributed by atoms with Crippen LogP contribution in [0, 0.1) is 0 Å². The predicted molar refractivity (Wildman–Crippen MR) is 59.2 cm³/mol. The molecule has 1 aliphatic rings. The van der Waals surface area contributed by atoms with Crippen LogP contribution in [0.3, 0.4) is 0 Å².